The van der Waals surface area contributed by atoms with Crippen molar-refractivity contribution in [2.75, 3.05) is 5.73 Å². The molecule has 1 heterocycles. The summed E-state index contributed by atoms with van der Waals surface area (Å²) >= 11 is 0. The van der Waals surface area contributed by atoms with Gasteiger partial charge in [0.15, 0.2) is 0 Å². The van der Waals surface area contributed by atoms with Crippen LogP contribution in [-0.2, 0) is 12.8 Å². The van der Waals surface area contributed by atoms with Crippen LogP contribution in [0.1, 0.15) is 31.4 Å². The molecule has 0 saturated heterocycles. The molecule has 2 aromatic rings. The van der Waals surface area contributed by atoms with Gasteiger partial charge in [-0.1, -0.05) is 26.3 Å². The number of hydrogen-bond donors (Lipinski definition) is 1. The molecule has 2 heteroatoms. The molecule has 1 aromatic carbocycles. The summed E-state index contributed by atoms with van der Waals surface area (Å²) in [6.45, 7) is 4.32. The van der Waals surface area contributed by atoms with Gasteiger partial charge in [0.25, 0.3) is 0 Å². The standard InChI is InChI=1S/C14H18N2/c1-3-5-11-9-12-8-10(4-2)6-7-13(12)16-14(11)15/h6-9H,3-5H2,1-2H3,(H2,15,16). The molecule has 0 saturated carbocycles. The summed E-state index contributed by atoms with van der Waals surface area (Å²) in [6, 6.07) is 8.57. The van der Waals surface area contributed by atoms with E-state index >= 15 is 0 Å². The van der Waals surface area contributed by atoms with Crippen LogP contribution in [0.15, 0.2) is 24.3 Å². The lowest BCUT2D eigenvalue weighted by atomic mass is 10.0. The Balaban J connectivity index is 2.56. The summed E-state index contributed by atoms with van der Waals surface area (Å²) in [5.41, 5.74) is 9.45. The Hall–Kier alpha value is -1.57. The number of aromatic nitrogens is 1. The zero-order chi connectivity index (χ0) is 11.5. The number of aryl methyl sites for hydroxylation is 2. The fourth-order valence-corrected chi connectivity index (χ4v) is 1.97. The molecule has 2 N–H and O–H groups in total. The second kappa shape index (κ2) is 4.52. The second-order valence-corrected chi connectivity index (χ2v) is 4.16. The van der Waals surface area contributed by atoms with Crippen molar-refractivity contribution < 1.29 is 0 Å². The molecule has 0 amide bonds. The zero-order valence-electron chi connectivity index (χ0n) is 9.96. The van der Waals surface area contributed by atoms with Gasteiger partial charge in [-0.3, -0.25) is 0 Å². The molecule has 0 aliphatic carbocycles. The van der Waals surface area contributed by atoms with Crippen molar-refractivity contribution in [3.63, 3.8) is 0 Å². The first kappa shape index (κ1) is 10.9. The summed E-state index contributed by atoms with van der Waals surface area (Å²) in [4.78, 5) is 4.45. The van der Waals surface area contributed by atoms with E-state index in [1.807, 2.05) is 0 Å². The van der Waals surface area contributed by atoms with Gasteiger partial charge in [0.1, 0.15) is 5.82 Å². The normalized spacial score (nSPS) is 10.9. The maximum Gasteiger partial charge on any atom is 0.127 e. The van der Waals surface area contributed by atoms with E-state index in [2.05, 4.69) is 43.1 Å². The molecular formula is C14H18N2. The van der Waals surface area contributed by atoms with Crippen molar-refractivity contribution in [1.29, 1.82) is 0 Å². The molecule has 2 nitrogen and oxygen atoms in total. The number of nitrogens with zero attached hydrogens (tertiary/aromatic N) is 1. The monoisotopic (exact) mass is 214 g/mol. The van der Waals surface area contributed by atoms with E-state index in [9.17, 15) is 0 Å². The Morgan fingerprint density at radius 2 is 2.00 bits per heavy atom. The van der Waals surface area contributed by atoms with Gasteiger partial charge >= 0.3 is 0 Å². The van der Waals surface area contributed by atoms with Crippen LogP contribution >= 0.6 is 0 Å². The van der Waals surface area contributed by atoms with Gasteiger partial charge in [0, 0.05) is 5.39 Å². The first-order chi connectivity index (χ1) is 7.74. The van der Waals surface area contributed by atoms with Gasteiger partial charge in [-0.2, -0.15) is 0 Å². The topological polar surface area (TPSA) is 38.9 Å². The van der Waals surface area contributed by atoms with Gasteiger partial charge in [-0.05, 0) is 42.2 Å². The van der Waals surface area contributed by atoms with E-state index in [-0.39, 0.29) is 0 Å². The fourth-order valence-electron chi connectivity index (χ4n) is 1.97. The van der Waals surface area contributed by atoms with Gasteiger partial charge in [0.2, 0.25) is 0 Å². The minimum atomic E-state index is 0.679. The Morgan fingerprint density at radius 1 is 1.19 bits per heavy atom. The van der Waals surface area contributed by atoms with E-state index < -0.39 is 0 Å². The SMILES string of the molecule is CCCc1cc2cc(CC)ccc2nc1N. The van der Waals surface area contributed by atoms with Crippen molar-refractivity contribution in [2.24, 2.45) is 0 Å². The average molecular weight is 214 g/mol. The highest BCUT2D eigenvalue weighted by Gasteiger charge is 2.03. The van der Waals surface area contributed by atoms with E-state index in [0.29, 0.717) is 5.82 Å². The summed E-state index contributed by atoms with van der Waals surface area (Å²) in [6.07, 6.45) is 3.17. The molecule has 0 radical (unpaired) electrons. The first-order valence-electron chi connectivity index (χ1n) is 5.92. The summed E-state index contributed by atoms with van der Waals surface area (Å²) < 4.78 is 0. The predicted octanol–water partition coefficient (Wildman–Crippen LogP) is 3.33. The second-order valence-electron chi connectivity index (χ2n) is 4.16. The Kier molecular flexibility index (Phi) is 3.09. The fraction of sp³-hybridized carbons (Fsp3) is 0.357. The third-order valence-electron chi connectivity index (χ3n) is 2.92. The lowest BCUT2D eigenvalue weighted by Crippen LogP contribution is -1.98. The third kappa shape index (κ3) is 2.01. The highest BCUT2D eigenvalue weighted by molar-refractivity contribution is 5.82. The van der Waals surface area contributed by atoms with Crippen molar-refractivity contribution >= 4 is 16.7 Å². The number of nitrogens with two attached hydrogens (primary N) is 1. The molecule has 0 aliphatic heterocycles. The molecule has 0 bridgehead atoms. The highest BCUT2D eigenvalue weighted by Crippen LogP contribution is 2.21. The lowest BCUT2D eigenvalue weighted by molar-refractivity contribution is 0.921. The smallest absolute Gasteiger partial charge is 0.127 e. The molecule has 0 fully saturated rings. The van der Waals surface area contributed by atoms with Crippen LogP contribution in [-0.4, -0.2) is 4.98 Å². The maximum absolute atomic E-state index is 5.93. The van der Waals surface area contributed by atoms with E-state index in [4.69, 9.17) is 5.73 Å². The Labute approximate surface area is 96.5 Å². The molecule has 0 aliphatic rings. The average Bonchev–Trinajstić information content (AvgIpc) is 2.30. The maximum atomic E-state index is 5.93. The van der Waals surface area contributed by atoms with Crippen LogP contribution in [0.3, 0.4) is 0 Å². The number of hydrogen-bond acceptors (Lipinski definition) is 2. The zero-order valence-corrected chi connectivity index (χ0v) is 9.96. The van der Waals surface area contributed by atoms with Crippen LogP contribution in [0, 0.1) is 0 Å². The van der Waals surface area contributed by atoms with Crippen LogP contribution in [0.25, 0.3) is 10.9 Å². The number of anilines is 1. The van der Waals surface area contributed by atoms with Crippen LogP contribution in [0.2, 0.25) is 0 Å². The minimum absolute atomic E-state index is 0.679. The quantitative estimate of drug-likeness (QED) is 0.851. The molecule has 0 atom stereocenters. The Bertz CT molecular complexity index is 503. The summed E-state index contributed by atoms with van der Waals surface area (Å²) in [7, 11) is 0. The molecule has 0 unspecified atom stereocenters. The van der Waals surface area contributed by atoms with Crippen molar-refractivity contribution in [2.45, 2.75) is 33.1 Å². The van der Waals surface area contributed by atoms with Gasteiger partial charge < -0.3 is 5.73 Å². The van der Waals surface area contributed by atoms with Gasteiger partial charge in [0.05, 0.1) is 5.52 Å². The Morgan fingerprint density at radius 3 is 2.69 bits per heavy atom. The number of nitrogen functional groups attached to an aromatic ring is 1. The number of rotatable bonds is 3. The van der Waals surface area contributed by atoms with Crippen LogP contribution in [0.5, 0.6) is 0 Å². The lowest BCUT2D eigenvalue weighted by Gasteiger charge is -2.07. The first-order valence-corrected chi connectivity index (χ1v) is 5.92. The van der Waals surface area contributed by atoms with Crippen molar-refractivity contribution in [1.82, 2.24) is 4.98 Å². The predicted molar refractivity (Wildman–Crippen MR) is 69.5 cm³/mol. The molecular weight excluding hydrogens is 196 g/mol. The van der Waals surface area contributed by atoms with Crippen molar-refractivity contribution in [3.05, 3.63) is 35.4 Å². The molecule has 84 valence electrons. The van der Waals surface area contributed by atoms with Crippen LogP contribution < -0.4 is 5.73 Å². The molecule has 2 rings (SSSR count). The molecule has 16 heavy (non-hydrogen) atoms. The molecule has 1 aromatic heterocycles. The van der Waals surface area contributed by atoms with Gasteiger partial charge in [-0.15, -0.1) is 0 Å². The van der Waals surface area contributed by atoms with E-state index in [1.54, 1.807) is 0 Å². The highest BCUT2D eigenvalue weighted by atomic mass is 14.8. The number of fused-ring (bicyclic) bond motifs is 1. The minimum Gasteiger partial charge on any atom is -0.383 e. The van der Waals surface area contributed by atoms with E-state index in [1.165, 1.54) is 16.5 Å². The summed E-state index contributed by atoms with van der Waals surface area (Å²) in [5, 5.41) is 1.21. The van der Waals surface area contributed by atoms with E-state index in [0.717, 1.165) is 24.8 Å². The number of benzene rings is 1. The van der Waals surface area contributed by atoms with Crippen molar-refractivity contribution in [3.8, 4) is 0 Å². The van der Waals surface area contributed by atoms with Gasteiger partial charge in [-0.25, -0.2) is 4.98 Å². The third-order valence-corrected chi connectivity index (χ3v) is 2.92. The summed E-state index contributed by atoms with van der Waals surface area (Å²) in [5.74, 6) is 0.679. The number of pyridine rings is 1. The largest absolute Gasteiger partial charge is 0.383 e. The van der Waals surface area contributed by atoms with Crippen LogP contribution in [0.4, 0.5) is 5.82 Å². The molecule has 0 spiro atoms.